The summed E-state index contributed by atoms with van der Waals surface area (Å²) in [6.45, 7) is 5.84. The topological polar surface area (TPSA) is 77.3 Å². The summed E-state index contributed by atoms with van der Waals surface area (Å²) in [5.74, 6) is 0.533. The minimum Gasteiger partial charge on any atom is -0.394 e. The van der Waals surface area contributed by atoms with Crippen molar-refractivity contribution in [3.63, 3.8) is 0 Å². The van der Waals surface area contributed by atoms with Crippen LogP contribution >= 0.6 is 0 Å². The van der Waals surface area contributed by atoms with E-state index in [1.165, 1.54) is 7.05 Å². The monoisotopic (exact) mass is 358 g/mol. The minimum atomic E-state index is -2.72. The Kier molecular flexibility index (Phi) is 4.71. The van der Waals surface area contributed by atoms with E-state index < -0.39 is 12.1 Å². The molecule has 0 atom stereocenters. The first-order valence-corrected chi connectivity index (χ1v) is 8.21. The predicted molar refractivity (Wildman–Crippen MR) is 97.1 cm³/mol. The van der Waals surface area contributed by atoms with Gasteiger partial charge in [-0.1, -0.05) is 36.0 Å². The van der Waals surface area contributed by atoms with Crippen LogP contribution in [0, 0.1) is 6.92 Å². The predicted octanol–water partition coefficient (Wildman–Crippen LogP) is 3.74. The number of halogens is 2. The van der Waals surface area contributed by atoms with E-state index in [0.29, 0.717) is 5.82 Å². The van der Waals surface area contributed by atoms with Crippen LogP contribution < -0.4 is 5.73 Å². The number of hydrogen-bond donors (Lipinski definition) is 1. The molecule has 1 aromatic carbocycles. The molecule has 2 N–H and O–H groups in total. The zero-order valence-corrected chi connectivity index (χ0v) is 14.7. The molecular formula is C19H20F2N4O. The molecule has 1 aromatic heterocycles. The Labute approximate surface area is 150 Å². The first-order chi connectivity index (χ1) is 12.4. The summed E-state index contributed by atoms with van der Waals surface area (Å²) in [5, 5.41) is 4.06. The Hall–Kier alpha value is -2.83. The van der Waals surface area contributed by atoms with Crippen LogP contribution in [0.2, 0.25) is 0 Å². The second kappa shape index (κ2) is 6.82. The third-order valence-electron chi connectivity index (χ3n) is 4.65. The zero-order chi connectivity index (χ0) is 18.9. The van der Waals surface area contributed by atoms with Crippen molar-refractivity contribution in [2.24, 2.45) is 10.7 Å². The van der Waals surface area contributed by atoms with Gasteiger partial charge in [0.1, 0.15) is 5.71 Å². The standard InChI is InChI=1S/C19H20F2N4O/c1-4-12-6-5-11(2)13(9-12)19(7-8-19)18-24-17(26-25-18)14(22)10-15(23-3)16(20)21/h4-6,9-10,16H,1,7-8,22H2,2-3H3/b14-10-,23-15?. The van der Waals surface area contributed by atoms with Crippen LogP contribution in [0.3, 0.4) is 0 Å². The van der Waals surface area contributed by atoms with Gasteiger partial charge in [-0.15, -0.1) is 0 Å². The van der Waals surface area contributed by atoms with Crippen LogP contribution in [0.4, 0.5) is 8.78 Å². The summed E-state index contributed by atoms with van der Waals surface area (Å²) in [4.78, 5) is 7.88. The van der Waals surface area contributed by atoms with E-state index in [0.717, 1.165) is 35.6 Å². The molecule has 1 heterocycles. The van der Waals surface area contributed by atoms with Crippen LogP contribution in [0.25, 0.3) is 11.8 Å². The number of allylic oxidation sites excluding steroid dienone is 1. The number of hydrogen-bond acceptors (Lipinski definition) is 5. The van der Waals surface area contributed by atoms with Gasteiger partial charge in [-0.2, -0.15) is 4.98 Å². The summed E-state index contributed by atoms with van der Waals surface area (Å²) < 4.78 is 30.8. The lowest BCUT2D eigenvalue weighted by atomic mass is 9.89. The van der Waals surface area contributed by atoms with E-state index in [1.807, 2.05) is 19.1 Å². The van der Waals surface area contributed by atoms with Crippen molar-refractivity contribution < 1.29 is 13.3 Å². The normalized spacial score (nSPS) is 16.8. The molecule has 0 unspecified atom stereocenters. The van der Waals surface area contributed by atoms with Crippen molar-refractivity contribution in [3.05, 3.63) is 59.3 Å². The fraction of sp³-hybridized carbons (Fsp3) is 0.316. The number of nitrogens with two attached hydrogens (primary N) is 1. The van der Waals surface area contributed by atoms with Gasteiger partial charge in [0.25, 0.3) is 12.3 Å². The fourth-order valence-electron chi connectivity index (χ4n) is 3.00. The first-order valence-electron chi connectivity index (χ1n) is 8.21. The van der Waals surface area contributed by atoms with E-state index in [2.05, 4.69) is 27.8 Å². The lowest BCUT2D eigenvalue weighted by molar-refractivity contribution is 0.226. The molecule has 2 aromatic rings. The number of nitrogens with zero attached hydrogens (tertiary/aromatic N) is 3. The van der Waals surface area contributed by atoms with Gasteiger partial charge in [0.15, 0.2) is 5.82 Å². The molecule has 0 amide bonds. The third kappa shape index (κ3) is 3.16. The van der Waals surface area contributed by atoms with Gasteiger partial charge < -0.3 is 10.3 Å². The number of aryl methyl sites for hydroxylation is 1. The number of aromatic nitrogens is 2. The van der Waals surface area contributed by atoms with E-state index >= 15 is 0 Å². The van der Waals surface area contributed by atoms with Crippen LogP contribution in [-0.2, 0) is 5.41 Å². The third-order valence-corrected chi connectivity index (χ3v) is 4.65. The van der Waals surface area contributed by atoms with Crippen molar-refractivity contribution in [1.29, 1.82) is 0 Å². The molecule has 1 fully saturated rings. The molecule has 1 saturated carbocycles. The Balaban J connectivity index is 1.95. The highest BCUT2D eigenvalue weighted by molar-refractivity contribution is 6.01. The van der Waals surface area contributed by atoms with Gasteiger partial charge >= 0.3 is 0 Å². The summed E-state index contributed by atoms with van der Waals surface area (Å²) in [5.41, 5.74) is 8.31. The molecule has 3 rings (SSSR count). The van der Waals surface area contributed by atoms with Gasteiger partial charge in [0.05, 0.1) is 11.1 Å². The van der Waals surface area contributed by atoms with Crippen molar-refractivity contribution in [3.8, 4) is 0 Å². The SMILES string of the molecule is C=Cc1ccc(C)c(C2(c3noc(/C(N)=C/C(=NC)C(F)F)n3)CC2)c1. The highest BCUT2D eigenvalue weighted by Crippen LogP contribution is 2.53. The second-order valence-electron chi connectivity index (χ2n) is 6.33. The van der Waals surface area contributed by atoms with Crippen LogP contribution in [0.1, 0.15) is 41.2 Å². The van der Waals surface area contributed by atoms with E-state index in [4.69, 9.17) is 10.3 Å². The Morgan fingerprint density at radius 1 is 1.42 bits per heavy atom. The largest absolute Gasteiger partial charge is 0.394 e. The van der Waals surface area contributed by atoms with E-state index in [-0.39, 0.29) is 17.0 Å². The Bertz CT molecular complexity index is 895. The molecule has 1 aliphatic carbocycles. The molecule has 5 nitrogen and oxygen atoms in total. The van der Waals surface area contributed by atoms with Crippen LogP contribution in [0.5, 0.6) is 0 Å². The molecule has 0 saturated heterocycles. The van der Waals surface area contributed by atoms with Crippen molar-refractivity contribution in [1.82, 2.24) is 10.1 Å². The molecule has 0 spiro atoms. The van der Waals surface area contributed by atoms with Crippen molar-refractivity contribution in [2.75, 3.05) is 7.05 Å². The molecule has 1 aliphatic rings. The lowest BCUT2D eigenvalue weighted by Crippen LogP contribution is -2.13. The number of rotatable bonds is 6. The van der Waals surface area contributed by atoms with Crippen LogP contribution in [0.15, 0.2) is 40.4 Å². The number of aliphatic imine (C=N–C) groups is 1. The molecule has 26 heavy (non-hydrogen) atoms. The average Bonchev–Trinajstić information content (AvgIpc) is 3.28. The highest BCUT2D eigenvalue weighted by Gasteiger charge is 2.50. The maximum atomic E-state index is 12.8. The molecule has 0 radical (unpaired) electrons. The minimum absolute atomic E-state index is 0.0191. The van der Waals surface area contributed by atoms with Gasteiger partial charge in [0.2, 0.25) is 0 Å². The Morgan fingerprint density at radius 2 is 2.15 bits per heavy atom. The molecule has 0 bridgehead atoms. The second-order valence-corrected chi connectivity index (χ2v) is 6.33. The summed E-state index contributed by atoms with van der Waals surface area (Å²) in [7, 11) is 1.28. The summed E-state index contributed by atoms with van der Waals surface area (Å²) >= 11 is 0. The van der Waals surface area contributed by atoms with E-state index in [1.54, 1.807) is 6.08 Å². The first kappa shape index (κ1) is 18.0. The lowest BCUT2D eigenvalue weighted by Gasteiger charge is -2.15. The van der Waals surface area contributed by atoms with E-state index in [9.17, 15) is 8.78 Å². The highest BCUT2D eigenvalue weighted by atomic mass is 19.3. The fourth-order valence-corrected chi connectivity index (χ4v) is 3.00. The molecule has 7 heteroatoms. The molecular weight excluding hydrogens is 338 g/mol. The maximum absolute atomic E-state index is 12.8. The number of alkyl halides is 2. The van der Waals surface area contributed by atoms with Gasteiger partial charge in [-0.3, -0.25) is 4.99 Å². The quantitative estimate of drug-likeness (QED) is 0.798. The van der Waals surface area contributed by atoms with Gasteiger partial charge in [0, 0.05) is 7.05 Å². The Morgan fingerprint density at radius 3 is 2.73 bits per heavy atom. The molecule has 136 valence electrons. The smallest absolute Gasteiger partial charge is 0.279 e. The van der Waals surface area contributed by atoms with Crippen molar-refractivity contribution in [2.45, 2.75) is 31.6 Å². The summed E-state index contributed by atoms with van der Waals surface area (Å²) in [6, 6.07) is 6.11. The van der Waals surface area contributed by atoms with Crippen LogP contribution in [-0.4, -0.2) is 29.3 Å². The molecule has 0 aliphatic heterocycles. The summed E-state index contributed by atoms with van der Waals surface area (Å²) in [6.07, 6.45) is 1.90. The van der Waals surface area contributed by atoms with Gasteiger partial charge in [-0.05, 0) is 42.5 Å². The maximum Gasteiger partial charge on any atom is 0.279 e. The number of benzene rings is 1. The van der Waals surface area contributed by atoms with Crippen molar-refractivity contribution >= 4 is 17.5 Å². The average molecular weight is 358 g/mol. The van der Waals surface area contributed by atoms with Gasteiger partial charge in [-0.25, -0.2) is 8.78 Å². The zero-order valence-electron chi connectivity index (χ0n) is 14.7.